The summed E-state index contributed by atoms with van der Waals surface area (Å²) < 4.78 is 0. The molecular formula is C19H36N6O2. The molecule has 8 nitrogen and oxygen atoms in total. The number of hydrogen-bond donors (Lipinski definition) is 2. The lowest BCUT2D eigenvalue weighted by Crippen LogP contribution is -2.52. The number of rotatable bonds is 6. The number of carbonyl (C=O) groups is 2. The van der Waals surface area contributed by atoms with Crippen LogP contribution in [0.1, 0.15) is 32.6 Å². The number of nitrogens with one attached hydrogen (secondary N) is 2. The summed E-state index contributed by atoms with van der Waals surface area (Å²) in [5.41, 5.74) is -0.301. The van der Waals surface area contributed by atoms with Crippen LogP contribution in [0.15, 0.2) is 4.99 Å². The monoisotopic (exact) mass is 380 g/mol. The molecule has 0 aromatic rings. The summed E-state index contributed by atoms with van der Waals surface area (Å²) >= 11 is 0. The van der Waals surface area contributed by atoms with Gasteiger partial charge in [0.2, 0.25) is 11.8 Å². The van der Waals surface area contributed by atoms with Gasteiger partial charge in [-0.25, -0.2) is 0 Å². The van der Waals surface area contributed by atoms with Crippen LogP contribution in [0.2, 0.25) is 0 Å². The number of carbonyl (C=O) groups excluding carboxylic acids is 2. The fourth-order valence-electron chi connectivity index (χ4n) is 4.08. The number of aliphatic imine (C=N–C) groups is 1. The Morgan fingerprint density at radius 2 is 1.70 bits per heavy atom. The summed E-state index contributed by atoms with van der Waals surface area (Å²) in [5, 5.41) is 6.72. The Balaban J connectivity index is 1.74. The lowest BCUT2D eigenvalue weighted by atomic mass is 9.84. The van der Waals surface area contributed by atoms with E-state index in [0.717, 1.165) is 70.9 Å². The number of guanidine groups is 1. The van der Waals surface area contributed by atoms with E-state index in [2.05, 4.69) is 20.5 Å². The van der Waals surface area contributed by atoms with E-state index in [1.54, 1.807) is 18.9 Å². The molecule has 0 aromatic heterocycles. The van der Waals surface area contributed by atoms with Gasteiger partial charge in [0.15, 0.2) is 5.96 Å². The molecule has 2 amide bonds. The predicted octanol–water partition coefficient (Wildman–Crippen LogP) is -0.0359. The Bertz CT molecular complexity index is 534. The number of nitrogens with zero attached hydrogens (tertiary/aromatic N) is 4. The first kappa shape index (κ1) is 21.5. The van der Waals surface area contributed by atoms with Gasteiger partial charge in [-0.2, -0.15) is 0 Å². The van der Waals surface area contributed by atoms with Crippen molar-refractivity contribution in [2.45, 2.75) is 32.6 Å². The second-order valence-corrected chi connectivity index (χ2v) is 7.89. The molecule has 1 saturated heterocycles. The Labute approximate surface area is 163 Å². The molecule has 0 bridgehead atoms. The first-order valence-corrected chi connectivity index (χ1v) is 10.0. The van der Waals surface area contributed by atoms with Gasteiger partial charge in [-0.05, 0) is 12.8 Å². The van der Waals surface area contributed by atoms with Gasteiger partial charge in [0, 0.05) is 73.9 Å². The lowest BCUT2D eigenvalue weighted by Gasteiger charge is -2.34. The molecule has 1 heterocycles. The van der Waals surface area contributed by atoms with Crippen molar-refractivity contribution in [2.75, 3.05) is 67.0 Å². The normalized spacial score (nSPS) is 20.4. The van der Waals surface area contributed by atoms with Gasteiger partial charge < -0.3 is 20.4 Å². The maximum Gasteiger partial charge on any atom is 0.230 e. The van der Waals surface area contributed by atoms with Crippen molar-refractivity contribution >= 4 is 17.8 Å². The van der Waals surface area contributed by atoms with E-state index >= 15 is 0 Å². The Kier molecular flexibility index (Phi) is 7.89. The molecule has 8 heteroatoms. The van der Waals surface area contributed by atoms with E-state index in [9.17, 15) is 9.59 Å². The maximum atomic E-state index is 12.7. The van der Waals surface area contributed by atoms with Gasteiger partial charge in [0.1, 0.15) is 0 Å². The van der Waals surface area contributed by atoms with E-state index in [0.29, 0.717) is 6.54 Å². The number of piperazine rings is 1. The van der Waals surface area contributed by atoms with E-state index < -0.39 is 0 Å². The molecule has 2 N–H and O–H groups in total. The van der Waals surface area contributed by atoms with E-state index in [1.165, 1.54) is 0 Å². The maximum absolute atomic E-state index is 12.7. The lowest BCUT2D eigenvalue weighted by molar-refractivity contribution is -0.138. The average Bonchev–Trinajstić information content (AvgIpc) is 3.14. The Hall–Kier alpha value is -1.83. The summed E-state index contributed by atoms with van der Waals surface area (Å²) in [6.07, 6.45) is 4.10. The SMILES string of the molecule is CN=C(NCCN1CCN(C(C)=O)CC1)NCC1(C(=O)N(C)C)CCCC1. The van der Waals surface area contributed by atoms with Crippen LogP contribution in [0.4, 0.5) is 0 Å². The van der Waals surface area contributed by atoms with Gasteiger partial charge in [-0.15, -0.1) is 0 Å². The smallest absolute Gasteiger partial charge is 0.230 e. The molecule has 0 radical (unpaired) electrons. The van der Waals surface area contributed by atoms with Crippen LogP contribution in [0, 0.1) is 5.41 Å². The van der Waals surface area contributed by atoms with Crippen LogP contribution < -0.4 is 10.6 Å². The minimum atomic E-state index is -0.301. The van der Waals surface area contributed by atoms with Crippen LogP contribution in [0.25, 0.3) is 0 Å². The van der Waals surface area contributed by atoms with E-state index in [1.807, 2.05) is 19.0 Å². The third-order valence-electron chi connectivity index (χ3n) is 5.78. The largest absolute Gasteiger partial charge is 0.355 e. The van der Waals surface area contributed by atoms with E-state index in [-0.39, 0.29) is 17.2 Å². The average molecular weight is 381 g/mol. The van der Waals surface area contributed by atoms with Crippen LogP contribution in [-0.2, 0) is 9.59 Å². The first-order valence-electron chi connectivity index (χ1n) is 10.0. The van der Waals surface area contributed by atoms with Gasteiger partial charge in [-0.3, -0.25) is 19.5 Å². The fourth-order valence-corrected chi connectivity index (χ4v) is 4.08. The van der Waals surface area contributed by atoms with E-state index in [4.69, 9.17) is 0 Å². The molecule has 2 aliphatic rings. The van der Waals surface area contributed by atoms with Gasteiger partial charge in [-0.1, -0.05) is 12.8 Å². The quantitative estimate of drug-likeness (QED) is 0.499. The molecule has 1 aliphatic carbocycles. The third kappa shape index (κ3) is 5.82. The molecule has 1 saturated carbocycles. The van der Waals surface area contributed by atoms with Crippen molar-refractivity contribution < 1.29 is 9.59 Å². The highest BCUT2D eigenvalue weighted by Crippen LogP contribution is 2.38. The zero-order valence-corrected chi connectivity index (χ0v) is 17.4. The number of hydrogen-bond acceptors (Lipinski definition) is 4. The summed E-state index contributed by atoms with van der Waals surface area (Å²) in [6, 6.07) is 0. The van der Waals surface area contributed by atoms with Gasteiger partial charge >= 0.3 is 0 Å². The molecule has 1 aliphatic heterocycles. The van der Waals surface area contributed by atoms with Crippen LogP contribution in [0.3, 0.4) is 0 Å². The molecule has 27 heavy (non-hydrogen) atoms. The molecule has 2 rings (SSSR count). The second-order valence-electron chi connectivity index (χ2n) is 7.89. The van der Waals surface area contributed by atoms with Crippen LogP contribution in [-0.4, -0.2) is 99.4 Å². The summed E-state index contributed by atoms with van der Waals surface area (Å²) in [4.78, 5) is 34.3. The van der Waals surface area contributed by atoms with Crippen molar-refractivity contribution in [3.63, 3.8) is 0 Å². The molecule has 0 unspecified atom stereocenters. The molecule has 0 atom stereocenters. The molecule has 154 valence electrons. The zero-order valence-electron chi connectivity index (χ0n) is 17.4. The zero-order chi connectivity index (χ0) is 19.9. The summed E-state index contributed by atoms with van der Waals surface area (Å²) in [6.45, 7) is 7.38. The summed E-state index contributed by atoms with van der Waals surface area (Å²) in [5.74, 6) is 1.12. The third-order valence-corrected chi connectivity index (χ3v) is 5.78. The van der Waals surface area contributed by atoms with Gasteiger partial charge in [0.25, 0.3) is 0 Å². The van der Waals surface area contributed by atoms with Crippen molar-refractivity contribution in [1.29, 1.82) is 0 Å². The Morgan fingerprint density at radius 3 is 2.22 bits per heavy atom. The van der Waals surface area contributed by atoms with Crippen molar-refractivity contribution in [1.82, 2.24) is 25.3 Å². The minimum absolute atomic E-state index is 0.158. The highest BCUT2D eigenvalue weighted by molar-refractivity contribution is 5.85. The topological polar surface area (TPSA) is 80.3 Å². The highest BCUT2D eigenvalue weighted by Gasteiger charge is 2.42. The molecule has 0 aromatic carbocycles. The first-order chi connectivity index (χ1) is 12.9. The van der Waals surface area contributed by atoms with Gasteiger partial charge in [0.05, 0.1) is 5.41 Å². The van der Waals surface area contributed by atoms with Crippen molar-refractivity contribution in [3.05, 3.63) is 0 Å². The molecular weight excluding hydrogens is 344 g/mol. The number of amides is 2. The van der Waals surface area contributed by atoms with Crippen LogP contribution >= 0.6 is 0 Å². The molecule has 2 fully saturated rings. The molecule has 0 spiro atoms. The second kappa shape index (κ2) is 9.92. The van der Waals surface area contributed by atoms with Crippen LogP contribution in [0.5, 0.6) is 0 Å². The van der Waals surface area contributed by atoms with Crippen molar-refractivity contribution in [3.8, 4) is 0 Å². The Morgan fingerprint density at radius 1 is 1.07 bits per heavy atom. The fraction of sp³-hybridized carbons (Fsp3) is 0.842. The minimum Gasteiger partial charge on any atom is -0.355 e. The predicted molar refractivity (Wildman–Crippen MR) is 108 cm³/mol. The highest BCUT2D eigenvalue weighted by atomic mass is 16.2. The standard InChI is InChI=1S/C19H36N6O2/c1-16(26)25-13-11-24(12-14-25)10-9-21-18(20-2)22-15-19(7-5-6-8-19)17(27)23(3)4/h5-15H2,1-4H3,(H2,20,21,22). The van der Waals surface area contributed by atoms with Crippen molar-refractivity contribution in [2.24, 2.45) is 10.4 Å². The summed E-state index contributed by atoms with van der Waals surface area (Å²) in [7, 11) is 5.43.